The van der Waals surface area contributed by atoms with Crippen LogP contribution in [0.15, 0.2) is 24.3 Å². The molecule has 0 unspecified atom stereocenters. The van der Waals surface area contributed by atoms with Gasteiger partial charge < -0.3 is 15.0 Å². The van der Waals surface area contributed by atoms with E-state index in [2.05, 4.69) is 21.9 Å². The maximum Gasteiger partial charge on any atom is 0.461 e. The predicted octanol–water partition coefficient (Wildman–Crippen LogP) is 3.39. The number of halogens is 4. The topological polar surface area (TPSA) is 41.6 Å². The Morgan fingerprint density at radius 3 is 2.56 bits per heavy atom. The first-order chi connectivity index (χ1) is 11.8. The average Bonchev–Trinajstić information content (AvgIpc) is 2.60. The summed E-state index contributed by atoms with van der Waals surface area (Å²) in [5, 5.41) is 2.69. The van der Waals surface area contributed by atoms with Crippen molar-refractivity contribution in [3.63, 3.8) is 0 Å². The van der Waals surface area contributed by atoms with Crippen molar-refractivity contribution in [3.8, 4) is 5.75 Å². The van der Waals surface area contributed by atoms with Crippen LogP contribution in [0.4, 0.5) is 17.6 Å². The second-order valence-electron chi connectivity index (χ2n) is 6.05. The van der Waals surface area contributed by atoms with Gasteiger partial charge in [-0.1, -0.05) is 19.1 Å². The molecule has 2 rings (SSSR count). The van der Waals surface area contributed by atoms with Crippen LogP contribution in [0.3, 0.4) is 0 Å². The van der Waals surface area contributed by atoms with Crippen LogP contribution in [0, 0.1) is 5.92 Å². The fourth-order valence-corrected chi connectivity index (χ4v) is 2.77. The molecular weight excluding hydrogens is 340 g/mol. The summed E-state index contributed by atoms with van der Waals surface area (Å²) in [6.07, 6.45) is -6.75. The van der Waals surface area contributed by atoms with E-state index in [9.17, 15) is 22.4 Å². The second kappa shape index (κ2) is 8.51. The van der Waals surface area contributed by atoms with E-state index in [1.165, 1.54) is 18.2 Å². The number of nitrogens with one attached hydrogen (secondary N) is 1. The standard InChI is InChI=1S/C17H22F4N2O2/c1-2-23-9-7-12(8-10-23)11-22-15(24)13-5-3-4-6-14(13)25-17(20,21)16(18)19/h3-6,12,16H,2,7-11H2,1H3,(H,22,24). The lowest BCUT2D eigenvalue weighted by Gasteiger charge is -2.31. The number of alkyl halides is 4. The van der Waals surface area contributed by atoms with E-state index in [4.69, 9.17) is 0 Å². The monoisotopic (exact) mass is 362 g/mol. The molecule has 0 spiro atoms. The van der Waals surface area contributed by atoms with Gasteiger partial charge in [0, 0.05) is 6.54 Å². The summed E-state index contributed by atoms with van der Waals surface area (Å²) in [6.45, 7) is 5.40. The molecule has 8 heteroatoms. The van der Waals surface area contributed by atoms with E-state index in [1.807, 2.05) is 0 Å². The Morgan fingerprint density at radius 1 is 1.32 bits per heavy atom. The van der Waals surface area contributed by atoms with Gasteiger partial charge in [-0.15, -0.1) is 0 Å². The number of rotatable bonds is 7. The van der Waals surface area contributed by atoms with Crippen LogP contribution in [0.1, 0.15) is 30.1 Å². The number of hydrogen-bond acceptors (Lipinski definition) is 3. The molecule has 1 heterocycles. The molecule has 1 aliphatic heterocycles. The number of amides is 1. The number of likely N-dealkylation sites (tertiary alicyclic amines) is 1. The van der Waals surface area contributed by atoms with Crippen molar-refractivity contribution in [2.24, 2.45) is 5.92 Å². The van der Waals surface area contributed by atoms with E-state index in [1.54, 1.807) is 0 Å². The predicted molar refractivity (Wildman–Crippen MR) is 85.2 cm³/mol. The lowest BCUT2D eigenvalue weighted by molar-refractivity contribution is -0.253. The average molecular weight is 362 g/mol. The zero-order chi connectivity index (χ0) is 18.4. The molecule has 0 atom stereocenters. The molecular formula is C17H22F4N2O2. The van der Waals surface area contributed by atoms with Crippen LogP contribution < -0.4 is 10.1 Å². The lowest BCUT2D eigenvalue weighted by Crippen LogP contribution is -2.39. The summed E-state index contributed by atoms with van der Waals surface area (Å²) in [4.78, 5) is 14.6. The zero-order valence-electron chi connectivity index (χ0n) is 14.0. The van der Waals surface area contributed by atoms with Crippen molar-refractivity contribution in [1.82, 2.24) is 10.2 Å². The van der Waals surface area contributed by atoms with Crippen molar-refractivity contribution in [2.75, 3.05) is 26.2 Å². The van der Waals surface area contributed by atoms with Crippen LogP contribution in [0.2, 0.25) is 0 Å². The van der Waals surface area contributed by atoms with Gasteiger partial charge in [-0.25, -0.2) is 0 Å². The fourth-order valence-electron chi connectivity index (χ4n) is 2.77. The zero-order valence-corrected chi connectivity index (χ0v) is 14.0. The van der Waals surface area contributed by atoms with E-state index >= 15 is 0 Å². The third-order valence-corrected chi connectivity index (χ3v) is 4.34. The maximum atomic E-state index is 13.1. The van der Waals surface area contributed by atoms with E-state index in [0.717, 1.165) is 38.5 Å². The minimum Gasteiger partial charge on any atom is -0.427 e. The number of ether oxygens (including phenoxy) is 1. The highest BCUT2D eigenvalue weighted by Gasteiger charge is 2.44. The molecule has 0 aliphatic carbocycles. The number of para-hydroxylation sites is 1. The van der Waals surface area contributed by atoms with Gasteiger partial charge in [0.15, 0.2) is 0 Å². The van der Waals surface area contributed by atoms with Crippen LogP contribution >= 0.6 is 0 Å². The van der Waals surface area contributed by atoms with E-state index < -0.39 is 24.2 Å². The molecule has 1 aliphatic rings. The van der Waals surface area contributed by atoms with Gasteiger partial charge in [0.1, 0.15) is 5.75 Å². The molecule has 1 saturated heterocycles. The molecule has 1 amide bonds. The minimum atomic E-state index is -4.65. The Labute approximate surface area is 144 Å². The van der Waals surface area contributed by atoms with Gasteiger partial charge in [0.25, 0.3) is 5.91 Å². The van der Waals surface area contributed by atoms with Crippen molar-refractivity contribution in [3.05, 3.63) is 29.8 Å². The third-order valence-electron chi connectivity index (χ3n) is 4.34. The molecule has 4 nitrogen and oxygen atoms in total. The van der Waals surface area contributed by atoms with E-state index in [-0.39, 0.29) is 5.56 Å². The SMILES string of the molecule is CCN1CCC(CNC(=O)c2ccccc2OC(F)(F)C(F)F)CC1. The van der Waals surface area contributed by atoms with Gasteiger partial charge in [0.2, 0.25) is 0 Å². The van der Waals surface area contributed by atoms with Crippen LogP contribution in [-0.2, 0) is 0 Å². The molecule has 0 saturated carbocycles. The lowest BCUT2D eigenvalue weighted by atomic mass is 9.96. The van der Waals surface area contributed by atoms with Crippen molar-refractivity contribution >= 4 is 5.91 Å². The number of carbonyl (C=O) groups is 1. The molecule has 25 heavy (non-hydrogen) atoms. The molecule has 1 aromatic rings. The summed E-state index contributed by atoms with van der Waals surface area (Å²) >= 11 is 0. The van der Waals surface area contributed by atoms with Gasteiger partial charge in [0.05, 0.1) is 5.56 Å². The summed E-state index contributed by atoms with van der Waals surface area (Å²) in [6, 6.07) is 5.15. The molecule has 0 aromatic heterocycles. The number of hydrogen-bond donors (Lipinski definition) is 1. The van der Waals surface area contributed by atoms with Gasteiger partial charge in [-0.2, -0.15) is 17.6 Å². The second-order valence-corrected chi connectivity index (χ2v) is 6.05. The Kier molecular flexibility index (Phi) is 6.64. The minimum absolute atomic E-state index is 0.186. The highest BCUT2D eigenvalue weighted by Crippen LogP contribution is 2.29. The first kappa shape index (κ1) is 19.5. The highest BCUT2D eigenvalue weighted by molar-refractivity contribution is 5.96. The van der Waals surface area contributed by atoms with Crippen LogP contribution in [-0.4, -0.2) is 49.5 Å². The molecule has 140 valence electrons. The quantitative estimate of drug-likeness (QED) is 0.756. The largest absolute Gasteiger partial charge is 0.461 e. The molecule has 1 N–H and O–H groups in total. The molecule has 1 aromatic carbocycles. The maximum absolute atomic E-state index is 13.1. The van der Waals surface area contributed by atoms with Gasteiger partial charge in [-0.05, 0) is 50.5 Å². The Balaban J connectivity index is 1.96. The van der Waals surface area contributed by atoms with Crippen LogP contribution in [0.25, 0.3) is 0 Å². The Hall–Kier alpha value is -1.83. The summed E-state index contributed by atoms with van der Waals surface area (Å²) < 4.78 is 54.9. The molecule has 0 bridgehead atoms. The highest BCUT2D eigenvalue weighted by atomic mass is 19.3. The van der Waals surface area contributed by atoms with Gasteiger partial charge >= 0.3 is 12.5 Å². The van der Waals surface area contributed by atoms with Crippen molar-refractivity contribution < 1.29 is 27.1 Å². The smallest absolute Gasteiger partial charge is 0.427 e. The summed E-state index contributed by atoms with van der Waals surface area (Å²) in [5.41, 5.74) is -0.186. The normalized spacial score (nSPS) is 16.9. The number of carbonyl (C=O) groups excluding carboxylic acids is 1. The van der Waals surface area contributed by atoms with Crippen molar-refractivity contribution in [2.45, 2.75) is 32.3 Å². The fraction of sp³-hybridized carbons (Fsp3) is 0.588. The first-order valence-electron chi connectivity index (χ1n) is 8.28. The van der Waals surface area contributed by atoms with E-state index in [0.29, 0.717) is 12.5 Å². The molecule has 0 radical (unpaired) electrons. The Bertz CT molecular complexity index is 576. The Morgan fingerprint density at radius 2 is 1.96 bits per heavy atom. The van der Waals surface area contributed by atoms with Crippen molar-refractivity contribution in [1.29, 1.82) is 0 Å². The first-order valence-corrected chi connectivity index (χ1v) is 8.28. The van der Waals surface area contributed by atoms with Crippen LogP contribution in [0.5, 0.6) is 5.75 Å². The number of piperidine rings is 1. The van der Waals surface area contributed by atoms with Gasteiger partial charge in [-0.3, -0.25) is 4.79 Å². The number of benzene rings is 1. The third kappa shape index (κ3) is 5.32. The summed E-state index contributed by atoms with van der Waals surface area (Å²) in [7, 11) is 0. The molecule has 1 fully saturated rings. The summed E-state index contributed by atoms with van der Waals surface area (Å²) in [5.74, 6) is -0.868. The number of nitrogens with zero attached hydrogens (tertiary/aromatic N) is 1.